The second-order valence-corrected chi connectivity index (χ2v) is 4.61. The van der Waals surface area contributed by atoms with Gasteiger partial charge in [-0.1, -0.05) is 18.3 Å². The summed E-state index contributed by atoms with van der Waals surface area (Å²) in [5, 5.41) is 13.4. The number of aryl methyl sites for hydroxylation is 1. The van der Waals surface area contributed by atoms with Crippen LogP contribution in [0.15, 0.2) is 16.5 Å². The molecule has 2 heterocycles. The lowest BCUT2D eigenvalue weighted by Crippen LogP contribution is -2.14. The number of nitrogens with one attached hydrogen (secondary N) is 1. The molecule has 0 bridgehead atoms. The molecule has 1 N–H and O–H groups in total. The molecule has 0 saturated carbocycles. The van der Waals surface area contributed by atoms with Crippen LogP contribution in [-0.4, -0.2) is 17.2 Å². The minimum Gasteiger partial charge on any atom is -0.459 e. The van der Waals surface area contributed by atoms with Gasteiger partial charge in [-0.3, -0.25) is 0 Å². The largest absolute Gasteiger partial charge is 0.459 e. The van der Waals surface area contributed by atoms with Crippen molar-refractivity contribution in [1.29, 1.82) is 0 Å². The summed E-state index contributed by atoms with van der Waals surface area (Å²) in [6, 6.07) is 4.15. The van der Waals surface area contributed by atoms with E-state index >= 15 is 0 Å². The van der Waals surface area contributed by atoms with Crippen molar-refractivity contribution < 1.29 is 4.42 Å². The molecule has 0 aliphatic rings. The maximum Gasteiger partial charge on any atom is 0.183 e. The zero-order valence-electron chi connectivity index (χ0n) is 9.65. The Morgan fingerprint density at radius 1 is 1.44 bits per heavy atom. The smallest absolute Gasteiger partial charge is 0.183 e. The normalized spacial score (nSPS) is 12.9. The van der Waals surface area contributed by atoms with Gasteiger partial charge in [0.15, 0.2) is 10.8 Å². The molecular weight excluding hydrogens is 222 g/mol. The molecule has 5 heteroatoms. The van der Waals surface area contributed by atoms with Gasteiger partial charge in [0.25, 0.3) is 0 Å². The summed E-state index contributed by atoms with van der Waals surface area (Å²) in [6.45, 7) is 4.05. The number of aromatic nitrogens is 2. The van der Waals surface area contributed by atoms with Crippen LogP contribution in [0.3, 0.4) is 0 Å². The average Bonchev–Trinajstić information content (AvgIpc) is 2.89. The third kappa shape index (κ3) is 2.15. The summed E-state index contributed by atoms with van der Waals surface area (Å²) in [4.78, 5) is 0. The maximum absolute atomic E-state index is 5.52. The van der Waals surface area contributed by atoms with E-state index in [2.05, 4.69) is 22.4 Å². The highest BCUT2D eigenvalue weighted by Crippen LogP contribution is 2.28. The van der Waals surface area contributed by atoms with Crippen LogP contribution in [0.1, 0.15) is 30.2 Å². The van der Waals surface area contributed by atoms with Gasteiger partial charge in [-0.2, -0.15) is 0 Å². The molecule has 2 rings (SSSR count). The second kappa shape index (κ2) is 4.76. The van der Waals surface area contributed by atoms with Crippen LogP contribution in [0, 0.1) is 6.92 Å². The fourth-order valence-corrected chi connectivity index (χ4v) is 2.53. The Hall–Kier alpha value is -1.20. The predicted octanol–water partition coefficient (Wildman–Crippen LogP) is 2.78. The molecule has 4 nitrogen and oxygen atoms in total. The molecule has 0 aromatic carbocycles. The van der Waals surface area contributed by atoms with Gasteiger partial charge in [-0.15, -0.1) is 10.2 Å². The van der Waals surface area contributed by atoms with Gasteiger partial charge < -0.3 is 9.73 Å². The van der Waals surface area contributed by atoms with Crippen LogP contribution in [0.25, 0.3) is 10.8 Å². The van der Waals surface area contributed by atoms with Crippen molar-refractivity contribution in [1.82, 2.24) is 15.5 Å². The van der Waals surface area contributed by atoms with Gasteiger partial charge in [0, 0.05) is 0 Å². The molecule has 0 spiro atoms. The third-order valence-corrected chi connectivity index (χ3v) is 3.50. The SMILES string of the molecule is CCC(NC)c1nnc(-c2ccc(C)o2)s1. The number of rotatable bonds is 4. The standard InChI is InChI=1S/C11H15N3OS/c1-4-8(12-3)10-13-14-11(16-10)9-6-5-7(2)15-9/h5-6,8,12H,4H2,1-3H3. The molecule has 2 aromatic heterocycles. The highest BCUT2D eigenvalue weighted by Gasteiger charge is 2.15. The Morgan fingerprint density at radius 2 is 2.25 bits per heavy atom. The van der Waals surface area contributed by atoms with Crippen LogP contribution in [0.2, 0.25) is 0 Å². The van der Waals surface area contributed by atoms with E-state index < -0.39 is 0 Å². The van der Waals surface area contributed by atoms with E-state index in [1.165, 1.54) is 0 Å². The lowest BCUT2D eigenvalue weighted by atomic mass is 10.2. The second-order valence-electron chi connectivity index (χ2n) is 3.61. The topological polar surface area (TPSA) is 51.0 Å². The van der Waals surface area contributed by atoms with Gasteiger partial charge in [-0.05, 0) is 32.5 Å². The molecule has 2 aromatic rings. The third-order valence-electron chi connectivity index (χ3n) is 2.45. The minimum absolute atomic E-state index is 0.280. The lowest BCUT2D eigenvalue weighted by molar-refractivity contribution is 0.547. The summed E-state index contributed by atoms with van der Waals surface area (Å²) in [5.41, 5.74) is 0. The van der Waals surface area contributed by atoms with E-state index in [0.29, 0.717) is 0 Å². The van der Waals surface area contributed by atoms with Crippen LogP contribution < -0.4 is 5.32 Å². The quantitative estimate of drug-likeness (QED) is 0.888. The number of nitrogens with zero attached hydrogens (tertiary/aromatic N) is 2. The molecule has 0 amide bonds. The average molecular weight is 237 g/mol. The first-order valence-corrected chi connectivity index (χ1v) is 6.13. The van der Waals surface area contributed by atoms with Crippen LogP contribution in [0.4, 0.5) is 0 Å². The van der Waals surface area contributed by atoms with Gasteiger partial charge in [-0.25, -0.2) is 0 Å². The van der Waals surface area contributed by atoms with E-state index in [-0.39, 0.29) is 6.04 Å². The van der Waals surface area contributed by atoms with Crippen LogP contribution in [-0.2, 0) is 0 Å². The van der Waals surface area contributed by atoms with Gasteiger partial charge >= 0.3 is 0 Å². The minimum atomic E-state index is 0.280. The van der Waals surface area contributed by atoms with E-state index in [9.17, 15) is 0 Å². The first kappa shape index (κ1) is 11.3. The van der Waals surface area contributed by atoms with E-state index in [0.717, 1.165) is 28.0 Å². The molecule has 0 aliphatic heterocycles. The summed E-state index contributed by atoms with van der Waals surface area (Å²) in [7, 11) is 1.94. The Labute approximate surface area is 98.7 Å². The van der Waals surface area contributed by atoms with E-state index in [1.807, 2.05) is 26.1 Å². The molecule has 86 valence electrons. The Morgan fingerprint density at radius 3 is 2.81 bits per heavy atom. The Bertz CT molecular complexity index is 459. The summed E-state index contributed by atoms with van der Waals surface area (Å²) >= 11 is 1.58. The van der Waals surface area contributed by atoms with E-state index in [1.54, 1.807) is 11.3 Å². The fourth-order valence-electron chi connectivity index (χ4n) is 1.53. The van der Waals surface area contributed by atoms with Crippen molar-refractivity contribution in [3.05, 3.63) is 22.9 Å². The summed E-state index contributed by atoms with van der Waals surface area (Å²) in [6.07, 6.45) is 1.00. The van der Waals surface area contributed by atoms with Crippen molar-refractivity contribution in [2.24, 2.45) is 0 Å². The first-order chi connectivity index (χ1) is 7.74. The predicted molar refractivity (Wildman–Crippen MR) is 64.4 cm³/mol. The zero-order valence-corrected chi connectivity index (χ0v) is 10.5. The van der Waals surface area contributed by atoms with Gasteiger partial charge in [0.05, 0.1) is 6.04 Å². The highest BCUT2D eigenvalue weighted by atomic mass is 32.1. The van der Waals surface area contributed by atoms with Crippen LogP contribution >= 0.6 is 11.3 Å². The fraction of sp³-hybridized carbons (Fsp3) is 0.455. The molecule has 0 fully saturated rings. The molecule has 0 radical (unpaired) electrons. The van der Waals surface area contributed by atoms with Crippen molar-refractivity contribution in [3.63, 3.8) is 0 Å². The van der Waals surface area contributed by atoms with Crippen molar-refractivity contribution in [3.8, 4) is 10.8 Å². The molecule has 1 unspecified atom stereocenters. The van der Waals surface area contributed by atoms with Crippen molar-refractivity contribution in [2.75, 3.05) is 7.05 Å². The molecule has 1 atom stereocenters. The number of hydrogen-bond acceptors (Lipinski definition) is 5. The molecular formula is C11H15N3OS. The summed E-state index contributed by atoms with van der Waals surface area (Å²) in [5.74, 6) is 1.69. The zero-order chi connectivity index (χ0) is 11.5. The van der Waals surface area contributed by atoms with Crippen molar-refractivity contribution in [2.45, 2.75) is 26.3 Å². The van der Waals surface area contributed by atoms with Crippen LogP contribution in [0.5, 0.6) is 0 Å². The number of hydrogen-bond donors (Lipinski definition) is 1. The Kier molecular flexibility index (Phi) is 3.36. The van der Waals surface area contributed by atoms with E-state index in [4.69, 9.17) is 4.42 Å². The van der Waals surface area contributed by atoms with Gasteiger partial charge in [0.2, 0.25) is 0 Å². The number of furan rings is 1. The molecule has 0 saturated heterocycles. The molecule has 16 heavy (non-hydrogen) atoms. The maximum atomic E-state index is 5.52. The van der Waals surface area contributed by atoms with Crippen molar-refractivity contribution >= 4 is 11.3 Å². The summed E-state index contributed by atoms with van der Waals surface area (Å²) < 4.78 is 5.52. The monoisotopic (exact) mass is 237 g/mol. The first-order valence-electron chi connectivity index (χ1n) is 5.32. The lowest BCUT2D eigenvalue weighted by Gasteiger charge is -2.07. The highest BCUT2D eigenvalue weighted by molar-refractivity contribution is 7.14. The van der Waals surface area contributed by atoms with Gasteiger partial charge in [0.1, 0.15) is 10.8 Å². The molecule has 0 aliphatic carbocycles. The Balaban J connectivity index is 2.25.